The monoisotopic (exact) mass is 360 g/mol. The zero-order chi connectivity index (χ0) is 18.7. The third kappa shape index (κ3) is 4.20. The molecule has 1 atom stereocenters. The number of aromatic nitrogens is 2. The molecule has 0 spiro atoms. The van der Waals surface area contributed by atoms with Gasteiger partial charge in [0.2, 0.25) is 11.8 Å². The second kappa shape index (κ2) is 7.85. The maximum Gasteiger partial charge on any atom is 0.318 e. The molecule has 26 heavy (non-hydrogen) atoms. The van der Waals surface area contributed by atoms with Gasteiger partial charge in [-0.2, -0.15) is 0 Å². The fourth-order valence-electron chi connectivity index (χ4n) is 3.03. The maximum absolute atomic E-state index is 13.0. The van der Waals surface area contributed by atoms with Gasteiger partial charge in [-0.15, -0.1) is 5.10 Å². The van der Waals surface area contributed by atoms with Gasteiger partial charge in [-0.25, -0.2) is 4.39 Å². The quantitative estimate of drug-likeness (QED) is 0.819. The number of anilines is 1. The molecule has 1 aliphatic heterocycles. The molecule has 2 heterocycles. The number of hydrogen-bond donors (Lipinski definition) is 0. The van der Waals surface area contributed by atoms with Crippen molar-refractivity contribution in [2.75, 3.05) is 31.1 Å². The normalized spacial score (nSPS) is 16.2. The van der Waals surface area contributed by atoms with E-state index in [-0.39, 0.29) is 23.6 Å². The van der Waals surface area contributed by atoms with Crippen molar-refractivity contribution >= 4 is 11.9 Å². The lowest BCUT2D eigenvalue weighted by atomic mass is 9.97. The number of piperazine rings is 1. The highest BCUT2D eigenvalue weighted by Gasteiger charge is 2.25. The van der Waals surface area contributed by atoms with Crippen molar-refractivity contribution in [1.29, 1.82) is 0 Å². The van der Waals surface area contributed by atoms with E-state index in [1.165, 1.54) is 12.1 Å². The minimum absolute atomic E-state index is 0.0608. The summed E-state index contributed by atoms with van der Waals surface area (Å²) in [4.78, 5) is 16.5. The van der Waals surface area contributed by atoms with Crippen LogP contribution in [0.3, 0.4) is 0 Å². The van der Waals surface area contributed by atoms with E-state index in [1.54, 1.807) is 12.1 Å². The van der Waals surface area contributed by atoms with Crippen molar-refractivity contribution < 1.29 is 13.6 Å². The number of halogens is 1. The first-order valence-corrected chi connectivity index (χ1v) is 9.05. The Morgan fingerprint density at radius 1 is 1.12 bits per heavy atom. The van der Waals surface area contributed by atoms with E-state index in [0.29, 0.717) is 44.5 Å². The summed E-state index contributed by atoms with van der Waals surface area (Å²) < 4.78 is 18.7. The molecule has 1 aromatic heterocycles. The fraction of sp³-hybridized carbons (Fsp3) is 0.526. The molecule has 1 aromatic carbocycles. The van der Waals surface area contributed by atoms with Gasteiger partial charge in [0.05, 0.1) is 0 Å². The average molecular weight is 360 g/mol. The van der Waals surface area contributed by atoms with E-state index in [4.69, 9.17) is 4.42 Å². The Hall–Kier alpha value is -2.44. The van der Waals surface area contributed by atoms with Crippen LogP contribution in [0.25, 0.3) is 0 Å². The second-order valence-corrected chi connectivity index (χ2v) is 7.10. The number of amides is 1. The summed E-state index contributed by atoms with van der Waals surface area (Å²) >= 11 is 0. The Morgan fingerprint density at radius 2 is 1.77 bits per heavy atom. The van der Waals surface area contributed by atoms with E-state index >= 15 is 0 Å². The van der Waals surface area contributed by atoms with Crippen LogP contribution in [0.1, 0.15) is 50.5 Å². The van der Waals surface area contributed by atoms with Gasteiger partial charge in [0.1, 0.15) is 5.82 Å². The van der Waals surface area contributed by atoms with Crippen molar-refractivity contribution in [3.8, 4) is 0 Å². The second-order valence-electron chi connectivity index (χ2n) is 7.10. The molecule has 0 aliphatic carbocycles. The van der Waals surface area contributed by atoms with Gasteiger partial charge in [0, 0.05) is 38.5 Å². The van der Waals surface area contributed by atoms with Crippen LogP contribution in [0.5, 0.6) is 0 Å². The van der Waals surface area contributed by atoms with E-state index in [2.05, 4.69) is 10.2 Å². The Morgan fingerprint density at radius 3 is 2.35 bits per heavy atom. The fourth-order valence-corrected chi connectivity index (χ4v) is 3.03. The molecule has 1 amide bonds. The van der Waals surface area contributed by atoms with Crippen molar-refractivity contribution in [3.05, 3.63) is 41.5 Å². The lowest BCUT2D eigenvalue weighted by Crippen LogP contribution is -2.49. The van der Waals surface area contributed by atoms with Crippen LogP contribution in [0.15, 0.2) is 28.7 Å². The molecule has 6 nitrogen and oxygen atoms in total. The first-order valence-electron chi connectivity index (χ1n) is 9.05. The van der Waals surface area contributed by atoms with Crippen molar-refractivity contribution in [2.24, 2.45) is 0 Å². The van der Waals surface area contributed by atoms with Crippen LogP contribution in [0.2, 0.25) is 0 Å². The summed E-state index contributed by atoms with van der Waals surface area (Å²) in [5.41, 5.74) is 0.977. The molecule has 140 valence electrons. The van der Waals surface area contributed by atoms with Crippen LogP contribution < -0.4 is 4.90 Å². The van der Waals surface area contributed by atoms with Crippen LogP contribution in [0.4, 0.5) is 10.4 Å². The van der Waals surface area contributed by atoms with Gasteiger partial charge in [0.25, 0.3) is 0 Å². The largest absolute Gasteiger partial charge is 0.408 e. The Kier molecular flexibility index (Phi) is 5.54. The number of hydrogen-bond acceptors (Lipinski definition) is 5. The molecule has 0 saturated carbocycles. The number of carbonyl (C=O) groups is 1. The first kappa shape index (κ1) is 18.4. The Labute approximate surface area is 153 Å². The van der Waals surface area contributed by atoms with Crippen molar-refractivity contribution in [2.45, 2.75) is 39.0 Å². The van der Waals surface area contributed by atoms with Crippen LogP contribution in [-0.2, 0) is 4.79 Å². The van der Waals surface area contributed by atoms with E-state index < -0.39 is 0 Å². The molecule has 1 unspecified atom stereocenters. The Bertz CT molecular complexity index is 736. The minimum Gasteiger partial charge on any atom is -0.408 e. The van der Waals surface area contributed by atoms with Crippen LogP contribution in [0, 0.1) is 5.82 Å². The van der Waals surface area contributed by atoms with E-state index in [9.17, 15) is 9.18 Å². The lowest BCUT2D eigenvalue weighted by molar-refractivity contribution is -0.131. The van der Waals surface area contributed by atoms with E-state index in [0.717, 1.165) is 5.56 Å². The predicted molar refractivity (Wildman–Crippen MR) is 96.6 cm³/mol. The zero-order valence-electron chi connectivity index (χ0n) is 15.5. The summed E-state index contributed by atoms with van der Waals surface area (Å²) in [7, 11) is 0. The molecule has 3 rings (SSSR count). The molecule has 0 N–H and O–H groups in total. The van der Waals surface area contributed by atoms with Crippen molar-refractivity contribution in [1.82, 2.24) is 15.1 Å². The third-order valence-electron chi connectivity index (χ3n) is 4.75. The van der Waals surface area contributed by atoms with Crippen LogP contribution in [-0.4, -0.2) is 47.2 Å². The summed E-state index contributed by atoms with van der Waals surface area (Å²) in [6.07, 6.45) is 0.420. The minimum atomic E-state index is -0.259. The van der Waals surface area contributed by atoms with Gasteiger partial charge in [0.15, 0.2) is 0 Å². The molecule has 0 bridgehead atoms. The molecular formula is C19H25FN4O2. The smallest absolute Gasteiger partial charge is 0.318 e. The first-order chi connectivity index (χ1) is 12.4. The number of rotatable bonds is 5. The summed E-state index contributed by atoms with van der Waals surface area (Å²) in [6.45, 7) is 8.63. The SMILES string of the molecule is CC(C)c1nnc(N2CCN(C(=O)CC(C)c3ccc(F)cc3)CC2)o1. The number of benzene rings is 1. The van der Waals surface area contributed by atoms with Gasteiger partial charge in [-0.05, 0) is 23.6 Å². The molecule has 1 aliphatic rings. The van der Waals surface area contributed by atoms with Gasteiger partial charge in [-0.3, -0.25) is 4.79 Å². The number of carbonyl (C=O) groups excluding carboxylic acids is 1. The average Bonchev–Trinajstić information content (AvgIpc) is 3.13. The zero-order valence-corrected chi connectivity index (χ0v) is 15.5. The highest BCUT2D eigenvalue weighted by atomic mass is 19.1. The summed E-state index contributed by atoms with van der Waals surface area (Å²) in [5.74, 6) is 0.754. The van der Waals surface area contributed by atoms with Gasteiger partial charge >= 0.3 is 6.01 Å². The molecule has 7 heteroatoms. The molecule has 2 aromatic rings. The standard InChI is InChI=1S/C19H25FN4O2/c1-13(2)18-21-22-19(26-18)24-10-8-23(9-11-24)17(25)12-14(3)15-4-6-16(20)7-5-15/h4-7,13-14H,8-12H2,1-3H3. The predicted octanol–water partition coefficient (Wildman–Crippen LogP) is 3.17. The highest BCUT2D eigenvalue weighted by molar-refractivity contribution is 5.77. The molecular weight excluding hydrogens is 335 g/mol. The lowest BCUT2D eigenvalue weighted by Gasteiger charge is -2.34. The molecule has 1 fully saturated rings. The summed E-state index contributed by atoms with van der Waals surface area (Å²) in [6, 6.07) is 6.89. The number of nitrogens with zero attached hydrogens (tertiary/aromatic N) is 4. The van der Waals surface area contributed by atoms with Crippen LogP contribution >= 0.6 is 0 Å². The maximum atomic E-state index is 13.0. The van der Waals surface area contributed by atoms with Gasteiger partial charge < -0.3 is 14.2 Å². The molecule has 0 radical (unpaired) electrons. The van der Waals surface area contributed by atoms with E-state index in [1.807, 2.05) is 30.6 Å². The third-order valence-corrected chi connectivity index (χ3v) is 4.75. The highest BCUT2D eigenvalue weighted by Crippen LogP contribution is 2.22. The summed E-state index contributed by atoms with van der Waals surface area (Å²) in [5, 5.41) is 8.16. The van der Waals surface area contributed by atoms with Crippen molar-refractivity contribution in [3.63, 3.8) is 0 Å². The van der Waals surface area contributed by atoms with Gasteiger partial charge in [-0.1, -0.05) is 38.0 Å². The molecule has 1 saturated heterocycles. The topological polar surface area (TPSA) is 62.5 Å². The Balaban J connectivity index is 1.52.